The summed E-state index contributed by atoms with van der Waals surface area (Å²) in [5.41, 5.74) is 1.97. The fourth-order valence-electron chi connectivity index (χ4n) is 1.80. The van der Waals surface area contributed by atoms with Gasteiger partial charge in [-0.3, -0.25) is 4.68 Å². The van der Waals surface area contributed by atoms with Gasteiger partial charge in [-0.25, -0.2) is 4.39 Å². The number of halogens is 2. The fourth-order valence-corrected chi connectivity index (χ4v) is 2.13. The van der Waals surface area contributed by atoms with Crippen LogP contribution in [0.1, 0.15) is 24.2 Å². The highest BCUT2D eigenvalue weighted by atomic mass is 35.5. The Morgan fingerprint density at radius 1 is 1.44 bits per heavy atom. The van der Waals surface area contributed by atoms with E-state index in [0.29, 0.717) is 11.6 Å². The molecule has 0 fully saturated rings. The summed E-state index contributed by atoms with van der Waals surface area (Å²) in [6, 6.07) is 6.46. The van der Waals surface area contributed by atoms with Crippen LogP contribution in [0, 0.1) is 5.82 Å². The largest absolute Gasteiger partial charge is 0.305 e. The van der Waals surface area contributed by atoms with Crippen molar-refractivity contribution in [1.82, 2.24) is 15.1 Å². The van der Waals surface area contributed by atoms with Gasteiger partial charge in [0.25, 0.3) is 0 Å². The SMILES string of the molecule is CC(NCc1ccnn1C)c1ccc(F)cc1Cl. The zero-order valence-electron chi connectivity index (χ0n) is 10.3. The molecular formula is C13H15ClFN3. The summed E-state index contributed by atoms with van der Waals surface area (Å²) in [5.74, 6) is -0.317. The van der Waals surface area contributed by atoms with E-state index in [1.54, 1.807) is 12.3 Å². The van der Waals surface area contributed by atoms with Gasteiger partial charge in [0, 0.05) is 30.9 Å². The van der Waals surface area contributed by atoms with Crippen LogP contribution in [0.2, 0.25) is 5.02 Å². The van der Waals surface area contributed by atoms with Crippen molar-refractivity contribution in [3.05, 3.63) is 52.6 Å². The molecule has 96 valence electrons. The highest BCUT2D eigenvalue weighted by Gasteiger charge is 2.10. The van der Waals surface area contributed by atoms with E-state index >= 15 is 0 Å². The topological polar surface area (TPSA) is 29.9 Å². The molecule has 2 aromatic rings. The van der Waals surface area contributed by atoms with Crippen LogP contribution in [-0.4, -0.2) is 9.78 Å². The average molecular weight is 268 g/mol. The second kappa shape index (κ2) is 5.50. The number of hydrogen-bond donors (Lipinski definition) is 1. The van der Waals surface area contributed by atoms with Gasteiger partial charge in [-0.15, -0.1) is 0 Å². The van der Waals surface area contributed by atoms with Crippen molar-refractivity contribution in [1.29, 1.82) is 0 Å². The highest BCUT2D eigenvalue weighted by Crippen LogP contribution is 2.23. The molecule has 1 unspecified atom stereocenters. The van der Waals surface area contributed by atoms with E-state index < -0.39 is 0 Å². The summed E-state index contributed by atoms with van der Waals surface area (Å²) in [7, 11) is 1.90. The van der Waals surface area contributed by atoms with Crippen molar-refractivity contribution in [2.75, 3.05) is 0 Å². The van der Waals surface area contributed by atoms with Crippen LogP contribution < -0.4 is 5.32 Å². The standard InChI is InChI=1S/C13H15ClFN3/c1-9(12-4-3-10(15)7-13(12)14)16-8-11-5-6-17-18(11)2/h3-7,9,16H,8H2,1-2H3. The van der Waals surface area contributed by atoms with Gasteiger partial charge in [0.15, 0.2) is 0 Å². The average Bonchev–Trinajstić information content (AvgIpc) is 2.72. The lowest BCUT2D eigenvalue weighted by molar-refractivity contribution is 0.546. The molecule has 0 bridgehead atoms. The predicted octanol–water partition coefficient (Wildman–Crippen LogP) is 3.06. The molecule has 0 radical (unpaired) electrons. The molecule has 0 aliphatic rings. The van der Waals surface area contributed by atoms with Gasteiger partial charge >= 0.3 is 0 Å². The third-order valence-electron chi connectivity index (χ3n) is 2.94. The maximum atomic E-state index is 13.0. The van der Waals surface area contributed by atoms with Crippen molar-refractivity contribution in [3.63, 3.8) is 0 Å². The predicted molar refractivity (Wildman–Crippen MR) is 69.9 cm³/mol. The van der Waals surface area contributed by atoms with Crippen LogP contribution in [0.25, 0.3) is 0 Å². The molecule has 1 aromatic carbocycles. The lowest BCUT2D eigenvalue weighted by Crippen LogP contribution is -2.20. The van der Waals surface area contributed by atoms with Crippen LogP contribution in [0.15, 0.2) is 30.5 Å². The van der Waals surface area contributed by atoms with Crippen molar-refractivity contribution in [3.8, 4) is 0 Å². The Balaban J connectivity index is 2.03. The molecular weight excluding hydrogens is 253 g/mol. The normalized spacial score (nSPS) is 12.7. The molecule has 0 aliphatic heterocycles. The molecule has 0 spiro atoms. The number of rotatable bonds is 4. The van der Waals surface area contributed by atoms with Crippen LogP contribution >= 0.6 is 11.6 Å². The number of benzene rings is 1. The van der Waals surface area contributed by atoms with Gasteiger partial charge in [0.2, 0.25) is 0 Å². The third-order valence-corrected chi connectivity index (χ3v) is 3.27. The Labute approximate surface area is 111 Å². The van der Waals surface area contributed by atoms with Crippen LogP contribution in [0.4, 0.5) is 4.39 Å². The third kappa shape index (κ3) is 2.89. The minimum Gasteiger partial charge on any atom is -0.305 e. The summed E-state index contributed by atoms with van der Waals surface area (Å²) in [6.07, 6.45) is 1.76. The second-order valence-electron chi connectivity index (χ2n) is 4.21. The van der Waals surface area contributed by atoms with E-state index in [0.717, 1.165) is 11.3 Å². The summed E-state index contributed by atoms with van der Waals surface area (Å²) in [4.78, 5) is 0. The first-order chi connectivity index (χ1) is 8.58. The smallest absolute Gasteiger partial charge is 0.124 e. The van der Waals surface area contributed by atoms with Gasteiger partial charge in [-0.2, -0.15) is 5.10 Å². The van der Waals surface area contributed by atoms with Gasteiger partial charge in [0.1, 0.15) is 5.82 Å². The Kier molecular flexibility index (Phi) is 3.99. The zero-order valence-corrected chi connectivity index (χ0v) is 11.1. The number of hydrogen-bond acceptors (Lipinski definition) is 2. The molecule has 0 aliphatic carbocycles. The molecule has 0 saturated heterocycles. The van der Waals surface area contributed by atoms with Gasteiger partial charge < -0.3 is 5.32 Å². The second-order valence-corrected chi connectivity index (χ2v) is 4.62. The van der Waals surface area contributed by atoms with Crippen molar-refractivity contribution < 1.29 is 4.39 Å². The minimum absolute atomic E-state index is 0.0491. The van der Waals surface area contributed by atoms with E-state index in [4.69, 9.17) is 11.6 Å². The molecule has 5 heteroatoms. The first-order valence-corrected chi connectivity index (χ1v) is 6.11. The van der Waals surface area contributed by atoms with Gasteiger partial charge in [-0.1, -0.05) is 17.7 Å². The van der Waals surface area contributed by atoms with Crippen LogP contribution in [-0.2, 0) is 13.6 Å². The van der Waals surface area contributed by atoms with E-state index in [-0.39, 0.29) is 11.9 Å². The van der Waals surface area contributed by atoms with Crippen LogP contribution in [0.3, 0.4) is 0 Å². The molecule has 1 N–H and O–H groups in total. The summed E-state index contributed by atoms with van der Waals surface area (Å²) in [6.45, 7) is 2.68. The lowest BCUT2D eigenvalue weighted by atomic mass is 10.1. The Bertz CT molecular complexity index is 539. The van der Waals surface area contributed by atoms with Gasteiger partial charge in [0.05, 0.1) is 5.69 Å². The highest BCUT2D eigenvalue weighted by molar-refractivity contribution is 6.31. The van der Waals surface area contributed by atoms with Gasteiger partial charge in [-0.05, 0) is 30.7 Å². The monoisotopic (exact) mass is 267 g/mol. The number of aromatic nitrogens is 2. The fraction of sp³-hybridized carbons (Fsp3) is 0.308. The summed E-state index contributed by atoms with van der Waals surface area (Å²) >= 11 is 6.02. The Morgan fingerprint density at radius 3 is 2.83 bits per heavy atom. The summed E-state index contributed by atoms with van der Waals surface area (Å²) < 4.78 is 14.8. The molecule has 2 rings (SSSR count). The summed E-state index contributed by atoms with van der Waals surface area (Å²) in [5, 5.41) is 7.88. The molecule has 1 atom stereocenters. The number of nitrogens with one attached hydrogen (secondary N) is 1. The van der Waals surface area contributed by atoms with Crippen molar-refractivity contribution >= 4 is 11.6 Å². The van der Waals surface area contributed by atoms with Crippen LogP contribution in [0.5, 0.6) is 0 Å². The maximum Gasteiger partial charge on any atom is 0.124 e. The first kappa shape index (κ1) is 13.1. The number of nitrogens with zero attached hydrogens (tertiary/aromatic N) is 2. The zero-order chi connectivity index (χ0) is 13.1. The minimum atomic E-state index is -0.317. The van der Waals surface area contributed by atoms with Crippen molar-refractivity contribution in [2.24, 2.45) is 7.05 Å². The quantitative estimate of drug-likeness (QED) is 0.923. The van der Waals surface area contributed by atoms with Crippen molar-refractivity contribution in [2.45, 2.75) is 19.5 Å². The first-order valence-electron chi connectivity index (χ1n) is 5.73. The maximum absolute atomic E-state index is 13.0. The Hall–Kier alpha value is -1.39. The molecule has 18 heavy (non-hydrogen) atoms. The molecule has 0 amide bonds. The molecule has 1 heterocycles. The van der Waals surface area contributed by atoms with E-state index in [1.807, 2.05) is 24.7 Å². The van der Waals surface area contributed by atoms with E-state index in [9.17, 15) is 4.39 Å². The molecule has 0 saturated carbocycles. The van der Waals surface area contributed by atoms with E-state index in [2.05, 4.69) is 10.4 Å². The lowest BCUT2D eigenvalue weighted by Gasteiger charge is -2.15. The number of aryl methyl sites for hydroxylation is 1. The van der Waals surface area contributed by atoms with E-state index in [1.165, 1.54) is 12.1 Å². The molecule has 1 aromatic heterocycles. The molecule has 3 nitrogen and oxygen atoms in total. The Morgan fingerprint density at radius 2 is 2.22 bits per heavy atom.